The molecule has 1 aliphatic carbocycles. The summed E-state index contributed by atoms with van der Waals surface area (Å²) in [5.74, 6) is 0. The van der Waals surface area contributed by atoms with Crippen LogP contribution in [-0.2, 0) is 0 Å². The van der Waals surface area contributed by atoms with Gasteiger partial charge in [-0.3, -0.25) is 0 Å². The van der Waals surface area contributed by atoms with Crippen molar-refractivity contribution in [3.63, 3.8) is 0 Å². The van der Waals surface area contributed by atoms with Gasteiger partial charge in [0, 0.05) is 12.2 Å². The molecule has 0 saturated heterocycles. The second kappa shape index (κ2) is 4.06. The van der Waals surface area contributed by atoms with Crippen LogP contribution < -0.4 is 5.32 Å². The Morgan fingerprint density at radius 1 is 1.06 bits per heavy atom. The Labute approximate surface area is 103 Å². The summed E-state index contributed by atoms with van der Waals surface area (Å²) in [5, 5.41) is 6.21. The van der Waals surface area contributed by atoms with Gasteiger partial charge in [-0.15, -0.1) is 0 Å². The van der Waals surface area contributed by atoms with Crippen LogP contribution in [0.15, 0.2) is 42.5 Å². The maximum Gasteiger partial charge on any atom is 0.0346 e. The highest BCUT2D eigenvalue weighted by atomic mass is 14.9. The van der Waals surface area contributed by atoms with Crippen molar-refractivity contribution >= 4 is 16.5 Å². The summed E-state index contributed by atoms with van der Waals surface area (Å²) in [5.41, 5.74) is 1.78. The lowest BCUT2D eigenvalue weighted by Crippen LogP contribution is -2.33. The molecule has 1 saturated carbocycles. The molecule has 17 heavy (non-hydrogen) atoms. The fraction of sp³-hybridized carbons (Fsp3) is 0.375. The maximum atomic E-state index is 3.58. The van der Waals surface area contributed by atoms with E-state index >= 15 is 0 Å². The van der Waals surface area contributed by atoms with Crippen LogP contribution in [0.2, 0.25) is 0 Å². The summed E-state index contributed by atoms with van der Waals surface area (Å²) in [7, 11) is 0. The standard InChI is InChI=1S/C16H19N/c1-16(9-4-10-16)12-17-15-8-7-13-5-2-3-6-14(13)11-15/h2-3,5-8,11,17H,4,9-10,12H2,1H3. The molecule has 0 spiro atoms. The van der Waals surface area contributed by atoms with Gasteiger partial charge >= 0.3 is 0 Å². The van der Waals surface area contributed by atoms with E-state index in [0.717, 1.165) is 6.54 Å². The molecular formula is C16H19N. The van der Waals surface area contributed by atoms with Crippen molar-refractivity contribution in [1.29, 1.82) is 0 Å². The highest BCUT2D eigenvalue weighted by Crippen LogP contribution is 2.40. The molecular weight excluding hydrogens is 206 g/mol. The van der Waals surface area contributed by atoms with Crippen LogP contribution in [0, 0.1) is 5.41 Å². The van der Waals surface area contributed by atoms with E-state index in [-0.39, 0.29) is 0 Å². The van der Waals surface area contributed by atoms with Crippen molar-refractivity contribution in [3.8, 4) is 0 Å². The monoisotopic (exact) mass is 225 g/mol. The number of hydrogen-bond donors (Lipinski definition) is 1. The van der Waals surface area contributed by atoms with E-state index in [4.69, 9.17) is 0 Å². The molecule has 0 heterocycles. The lowest BCUT2D eigenvalue weighted by atomic mass is 9.70. The molecule has 1 heteroatoms. The summed E-state index contributed by atoms with van der Waals surface area (Å²) in [4.78, 5) is 0. The summed E-state index contributed by atoms with van der Waals surface area (Å²) in [6, 6.07) is 15.1. The Bertz CT molecular complexity index is 526. The number of benzene rings is 2. The van der Waals surface area contributed by atoms with Gasteiger partial charge in [0.15, 0.2) is 0 Å². The Hall–Kier alpha value is -1.50. The largest absolute Gasteiger partial charge is 0.384 e. The zero-order chi connectivity index (χ0) is 11.7. The first-order valence-electron chi connectivity index (χ1n) is 6.48. The van der Waals surface area contributed by atoms with Gasteiger partial charge in [-0.2, -0.15) is 0 Å². The molecule has 1 aliphatic rings. The second-order valence-corrected chi connectivity index (χ2v) is 5.58. The van der Waals surface area contributed by atoms with Crippen molar-refractivity contribution in [2.24, 2.45) is 5.41 Å². The lowest BCUT2D eigenvalue weighted by Gasteiger charge is -2.38. The SMILES string of the molecule is CC1(CNc2ccc3ccccc3c2)CCC1. The Morgan fingerprint density at radius 2 is 1.82 bits per heavy atom. The van der Waals surface area contributed by atoms with E-state index in [0.29, 0.717) is 5.41 Å². The molecule has 0 aromatic heterocycles. The summed E-state index contributed by atoms with van der Waals surface area (Å²) in [6.07, 6.45) is 4.14. The molecule has 1 nitrogen and oxygen atoms in total. The van der Waals surface area contributed by atoms with Gasteiger partial charge < -0.3 is 5.32 Å². The van der Waals surface area contributed by atoms with Gasteiger partial charge in [-0.05, 0) is 41.2 Å². The number of hydrogen-bond acceptors (Lipinski definition) is 1. The zero-order valence-electron chi connectivity index (χ0n) is 10.4. The summed E-state index contributed by atoms with van der Waals surface area (Å²) < 4.78 is 0. The van der Waals surface area contributed by atoms with Gasteiger partial charge in [-0.25, -0.2) is 0 Å². The van der Waals surface area contributed by atoms with Crippen LogP contribution in [0.3, 0.4) is 0 Å². The third-order valence-electron chi connectivity index (χ3n) is 4.03. The van der Waals surface area contributed by atoms with Gasteiger partial charge in [0.2, 0.25) is 0 Å². The van der Waals surface area contributed by atoms with Crippen molar-refractivity contribution in [1.82, 2.24) is 0 Å². The molecule has 0 bridgehead atoms. The number of fused-ring (bicyclic) bond motifs is 1. The van der Waals surface area contributed by atoms with Crippen molar-refractivity contribution in [3.05, 3.63) is 42.5 Å². The fourth-order valence-corrected chi connectivity index (χ4v) is 2.57. The van der Waals surface area contributed by atoms with E-state index < -0.39 is 0 Å². The van der Waals surface area contributed by atoms with Crippen LogP contribution in [-0.4, -0.2) is 6.54 Å². The quantitative estimate of drug-likeness (QED) is 0.814. The molecule has 0 radical (unpaired) electrons. The smallest absolute Gasteiger partial charge is 0.0346 e. The summed E-state index contributed by atoms with van der Waals surface area (Å²) >= 11 is 0. The van der Waals surface area contributed by atoms with Crippen molar-refractivity contribution in [2.75, 3.05) is 11.9 Å². The fourth-order valence-electron chi connectivity index (χ4n) is 2.57. The molecule has 2 aromatic rings. The predicted octanol–water partition coefficient (Wildman–Crippen LogP) is 4.44. The third kappa shape index (κ3) is 2.14. The van der Waals surface area contributed by atoms with E-state index in [2.05, 4.69) is 54.7 Å². The van der Waals surface area contributed by atoms with Crippen LogP contribution in [0.25, 0.3) is 10.8 Å². The van der Waals surface area contributed by atoms with Gasteiger partial charge in [0.25, 0.3) is 0 Å². The van der Waals surface area contributed by atoms with Gasteiger partial charge in [-0.1, -0.05) is 43.7 Å². The topological polar surface area (TPSA) is 12.0 Å². The highest BCUT2D eigenvalue weighted by molar-refractivity contribution is 5.85. The molecule has 3 rings (SSSR count). The van der Waals surface area contributed by atoms with Crippen molar-refractivity contribution in [2.45, 2.75) is 26.2 Å². The number of anilines is 1. The number of rotatable bonds is 3. The average Bonchev–Trinajstić information content (AvgIpc) is 2.34. The van der Waals surface area contributed by atoms with Crippen LogP contribution >= 0.6 is 0 Å². The van der Waals surface area contributed by atoms with Gasteiger partial charge in [0.05, 0.1) is 0 Å². The van der Waals surface area contributed by atoms with E-state index in [1.807, 2.05) is 0 Å². The minimum Gasteiger partial charge on any atom is -0.384 e. The van der Waals surface area contributed by atoms with Crippen molar-refractivity contribution < 1.29 is 0 Å². The molecule has 0 atom stereocenters. The molecule has 0 aliphatic heterocycles. The van der Waals surface area contributed by atoms with E-state index in [1.54, 1.807) is 0 Å². The van der Waals surface area contributed by atoms with E-state index in [1.165, 1.54) is 35.7 Å². The second-order valence-electron chi connectivity index (χ2n) is 5.58. The summed E-state index contributed by atoms with van der Waals surface area (Å²) in [6.45, 7) is 3.48. The Kier molecular flexibility index (Phi) is 2.54. The first-order valence-corrected chi connectivity index (χ1v) is 6.48. The predicted molar refractivity (Wildman–Crippen MR) is 74.4 cm³/mol. The molecule has 2 aromatic carbocycles. The van der Waals surface area contributed by atoms with Gasteiger partial charge in [0.1, 0.15) is 0 Å². The highest BCUT2D eigenvalue weighted by Gasteiger charge is 2.31. The average molecular weight is 225 g/mol. The maximum absolute atomic E-state index is 3.58. The van der Waals surface area contributed by atoms with Crippen LogP contribution in [0.1, 0.15) is 26.2 Å². The van der Waals surface area contributed by atoms with E-state index in [9.17, 15) is 0 Å². The molecule has 0 amide bonds. The first-order chi connectivity index (χ1) is 8.25. The molecule has 88 valence electrons. The Morgan fingerprint density at radius 3 is 2.53 bits per heavy atom. The third-order valence-corrected chi connectivity index (χ3v) is 4.03. The molecule has 0 unspecified atom stereocenters. The molecule has 1 fully saturated rings. The number of nitrogens with one attached hydrogen (secondary N) is 1. The molecule has 1 N–H and O–H groups in total. The van der Waals surface area contributed by atoms with Crippen LogP contribution in [0.4, 0.5) is 5.69 Å². The zero-order valence-corrected chi connectivity index (χ0v) is 10.4. The minimum atomic E-state index is 0.533. The normalized spacial score (nSPS) is 17.7. The van der Waals surface area contributed by atoms with Crippen LogP contribution in [0.5, 0.6) is 0 Å². The Balaban J connectivity index is 1.76. The first kappa shape index (κ1) is 10.6. The lowest BCUT2D eigenvalue weighted by molar-refractivity contribution is 0.180. The minimum absolute atomic E-state index is 0.533.